The number of nitrogens with zero attached hydrogens (tertiary/aromatic N) is 1. The lowest BCUT2D eigenvalue weighted by Gasteiger charge is -2.21. The van der Waals surface area contributed by atoms with Crippen molar-refractivity contribution in [1.82, 2.24) is 5.43 Å². The van der Waals surface area contributed by atoms with Crippen molar-refractivity contribution >= 4 is 11.6 Å². The van der Waals surface area contributed by atoms with Gasteiger partial charge < -0.3 is 0 Å². The minimum atomic E-state index is 0.111. The third-order valence-corrected chi connectivity index (χ3v) is 4.46. The van der Waals surface area contributed by atoms with E-state index >= 15 is 0 Å². The van der Waals surface area contributed by atoms with E-state index in [0.717, 1.165) is 37.8 Å². The molecule has 0 bridgehead atoms. The molecule has 1 saturated carbocycles. The van der Waals surface area contributed by atoms with Crippen molar-refractivity contribution in [2.45, 2.75) is 51.4 Å². The Morgan fingerprint density at radius 3 is 2.70 bits per heavy atom. The highest BCUT2D eigenvalue weighted by molar-refractivity contribution is 6.03. The number of carbonyl (C=O) groups excluding carboxylic acids is 1. The molecule has 1 amide bonds. The molecule has 3 heteroatoms. The monoisotopic (exact) mass is 270 g/mol. The van der Waals surface area contributed by atoms with Gasteiger partial charge in [-0.25, -0.2) is 5.43 Å². The van der Waals surface area contributed by atoms with Gasteiger partial charge >= 0.3 is 0 Å². The molecule has 0 aromatic heterocycles. The van der Waals surface area contributed by atoms with Crippen molar-refractivity contribution in [2.75, 3.05) is 0 Å². The molecule has 3 nitrogen and oxygen atoms in total. The zero-order valence-electron chi connectivity index (χ0n) is 11.9. The fourth-order valence-corrected chi connectivity index (χ4v) is 3.30. The van der Waals surface area contributed by atoms with E-state index < -0.39 is 0 Å². The Balaban J connectivity index is 1.69. The topological polar surface area (TPSA) is 41.5 Å². The van der Waals surface area contributed by atoms with Gasteiger partial charge in [0, 0.05) is 11.5 Å². The van der Waals surface area contributed by atoms with Gasteiger partial charge in [-0.2, -0.15) is 5.10 Å². The number of carbonyl (C=O) groups is 1. The van der Waals surface area contributed by atoms with Gasteiger partial charge in [0.15, 0.2) is 0 Å². The van der Waals surface area contributed by atoms with Gasteiger partial charge in [-0.1, -0.05) is 43.5 Å². The van der Waals surface area contributed by atoms with Crippen LogP contribution in [0.2, 0.25) is 0 Å². The minimum absolute atomic E-state index is 0.111. The first-order chi connectivity index (χ1) is 9.84. The molecule has 2 aliphatic rings. The molecule has 0 aliphatic heterocycles. The number of fused-ring (bicyclic) bond motifs is 1. The van der Waals surface area contributed by atoms with Crippen molar-refractivity contribution in [3.63, 3.8) is 0 Å². The summed E-state index contributed by atoms with van der Waals surface area (Å²) in [6, 6.07) is 8.39. The Morgan fingerprint density at radius 1 is 1.05 bits per heavy atom. The van der Waals surface area contributed by atoms with Crippen molar-refractivity contribution in [2.24, 2.45) is 11.0 Å². The van der Waals surface area contributed by atoms with Crippen LogP contribution in [-0.4, -0.2) is 11.6 Å². The summed E-state index contributed by atoms with van der Waals surface area (Å²) < 4.78 is 0. The van der Waals surface area contributed by atoms with Gasteiger partial charge in [-0.05, 0) is 37.7 Å². The average molecular weight is 270 g/mol. The van der Waals surface area contributed by atoms with Gasteiger partial charge in [-0.15, -0.1) is 0 Å². The second-order valence-electron chi connectivity index (χ2n) is 5.88. The predicted molar refractivity (Wildman–Crippen MR) is 80.6 cm³/mol. The molecule has 0 spiro atoms. The zero-order chi connectivity index (χ0) is 13.8. The van der Waals surface area contributed by atoms with Crippen molar-refractivity contribution in [3.05, 3.63) is 35.4 Å². The standard InChI is InChI=1S/C17H22N2O/c20-17(14-8-2-1-3-9-14)19-18-16-12-6-10-13-7-4-5-11-15(13)16/h4-5,7,11,14H,1-3,6,8-10,12H2,(H,19,20). The largest absolute Gasteiger partial charge is 0.273 e. The number of hydrogen-bond acceptors (Lipinski definition) is 2. The fraction of sp³-hybridized carbons (Fsp3) is 0.529. The van der Waals surface area contributed by atoms with E-state index in [1.165, 1.54) is 30.4 Å². The highest BCUT2D eigenvalue weighted by Gasteiger charge is 2.21. The van der Waals surface area contributed by atoms with E-state index in [9.17, 15) is 4.79 Å². The molecule has 0 heterocycles. The Hall–Kier alpha value is -1.64. The van der Waals surface area contributed by atoms with Gasteiger partial charge in [0.05, 0.1) is 5.71 Å². The molecule has 20 heavy (non-hydrogen) atoms. The lowest BCUT2D eigenvalue weighted by Crippen LogP contribution is -2.29. The first-order valence-electron chi connectivity index (χ1n) is 7.79. The van der Waals surface area contributed by atoms with Gasteiger partial charge in [0.25, 0.3) is 0 Å². The maximum Gasteiger partial charge on any atom is 0.243 e. The maximum atomic E-state index is 12.1. The van der Waals surface area contributed by atoms with Crippen LogP contribution in [0.15, 0.2) is 29.4 Å². The molecule has 0 radical (unpaired) electrons. The second kappa shape index (κ2) is 6.21. The molecule has 3 rings (SSSR count). The maximum absolute atomic E-state index is 12.1. The van der Waals surface area contributed by atoms with Crippen LogP contribution in [0.3, 0.4) is 0 Å². The van der Waals surface area contributed by atoms with Crippen molar-refractivity contribution in [1.29, 1.82) is 0 Å². The van der Waals surface area contributed by atoms with Gasteiger partial charge in [-0.3, -0.25) is 4.79 Å². The van der Waals surface area contributed by atoms with Crippen LogP contribution in [0.25, 0.3) is 0 Å². The van der Waals surface area contributed by atoms with E-state index in [2.05, 4.69) is 28.7 Å². The van der Waals surface area contributed by atoms with E-state index in [4.69, 9.17) is 0 Å². The lowest BCUT2D eigenvalue weighted by atomic mass is 9.89. The third-order valence-electron chi connectivity index (χ3n) is 4.46. The highest BCUT2D eigenvalue weighted by atomic mass is 16.2. The summed E-state index contributed by atoms with van der Waals surface area (Å²) in [5.41, 5.74) is 6.41. The number of hydrazone groups is 1. The summed E-state index contributed by atoms with van der Waals surface area (Å²) in [7, 11) is 0. The normalized spacial score (nSPS) is 21.5. The summed E-state index contributed by atoms with van der Waals surface area (Å²) in [5.74, 6) is 0.284. The third kappa shape index (κ3) is 2.92. The Kier molecular flexibility index (Phi) is 4.14. The van der Waals surface area contributed by atoms with Crippen LogP contribution in [0.5, 0.6) is 0 Å². The molecule has 1 aromatic carbocycles. The summed E-state index contributed by atoms with van der Waals surface area (Å²) in [4.78, 5) is 12.1. The Morgan fingerprint density at radius 2 is 1.85 bits per heavy atom. The first-order valence-corrected chi connectivity index (χ1v) is 7.79. The van der Waals surface area contributed by atoms with Crippen LogP contribution in [0, 0.1) is 5.92 Å². The number of benzene rings is 1. The number of aryl methyl sites for hydroxylation is 1. The number of amides is 1. The Bertz CT molecular complexity index is 515. The van der Waals surface area contributed by atoms with Crippen molar-refractivity contribution in [3.8, 4) is 0 Å². The quantitative estimate of drug-likeness (QED) is 0.822. The molecular formula is C17H22N2O. The highest BCUT2D eigenvalue weighted by Crippen LogP contribution is 2.24. The molecule has 0 unspecified atom stereocenters. The van der Waals surface area contributed by atoms with Crippen LogP contribution < -0.4 is 5.43 Å². The average Bonchev–Trinajstić information content (AvgIpc) is 2.53. The molecule has 2 aliphatic carbocycles. The molecule has 1 N–H and O–H groups in total. The molecule has 0 atom stereocenters. The van der Waals surface area contributed by atoms with E-state index in [1.807, 2.05) is 6.07 Å². The number of nitrogens with one attached hydrogen (secondary N) is 1. The molecule has 1 aromatic rings. The summed E-state index contributed by atoms with van der Waals surface area (Å²) >= 11 is 0. The fourth-order valence-electron chi connectivity index (χ4n) is 3.30. The molecule has 1 fully saturated rings. The summed E-state index contributed by atoms with van der Waals surface area (Å²) in [5, 5.41) is 4.42. The van der Waals surface area contributed by atoms with E-state index in [0.29, 0.717) is 0 Å². The van der Waals surface area contributed by atoms with E-state index in [1.54, 1.807) is 0 Å². The SMILES string of the molecule is O=C(NN=C1CCCc2ccccc21)C1CCCCC1. The number of hydrogen-bond donors (Lipinski definition) is 1. The smallest absolute Gasteiger partial charge is 0.243 e. The minimum Gasteiger partial charge on any atom is -0.273 e. The van der Waals surface area contributed by atoms with Gasteiger partial charge in [0.2, 0.25) is 5.91 Å². The van der Waals surface area contributed by atoms with Crippen LogP contribution >= 0.6 is 0 Å². The van der Waals surface area contributed by atoms with Gasteiger partial charge in [0.1, 0.15) is 0 Å². The molecule has 106 valence electrons. The first kappa shape index (κ1) is 13.3. The van der Waals surface area contributed by atoms with Crippen LogP contribution in [0.4, 0.5) is 0 Å². The van der Waals surface area contributed by atoms with E-state index in [-0.39, 0.29) is 11.8 Å². The lowest BCUT2D eigenvalue weighted by molar-refractivity contribution is -0.125. The predicted octanol–water partition coefficient (Wildman–Crippen LogP) is 3.42. The summed E-state index contributed by atoms with van der Waals surface area (Å²) in [6.07, 6.45) is 8.87. The summed E-state index contributed by atoms with van der Waals surface area (Å²) in [6.45, 7) is 0. The molecular weight excluding hydrogens is 248 g/mol. The van der Waals surface area contributed by atoms with Crippen LogP contribution in [-0.2, 0) is 11.2 Å². The van der Waals surface area contributed by atoms with Crippen molar-refractivity contribution < 1.29 is 4.79 Å². The zero-order valence-corrected chi connectivity index (χ0v) is 11.9. The Labute approximate surface area is 120 Å². The van der Waals surface area contributed by atoms with Crippen LogP contribution in [0.1, 0.15) is 56.1 Å². The molecule has 0 saturated heterocycles. The second-order valence-corrected chi connectivity index (χ2v) is 5.88. The number of rotatable bonds is 2.